The lowest BCUT2D eigenvalue weighted by Gasteiger charge is -1.99. The standard InChI is InChI=1S/C9H6BrN3S/c10-7-3-6(4-11-5-7)9-12-2-1-8(14)13-9/h1-5H,(H,12,13,14). The zero-order valence-electron chi connectivity index (χ0n) is 7.07. The van der Waals surface area contributed by atoms with Crippen LogP contribution in [0.15, 0.2) is 35.2 Å². The molecule has 0 aliphatic carbocycles. The Labute approximate surface area is 94.4 Å². The predicted octanol–water partition coefficient (Wildman–Crippen LogP) is 2.96. The second-order valence-electron chi connectivity index (χ2n) is 2.67. The molecule has 0 saturated heterocycles. The van der Waals surface area contributed by atoms with Crippen LogP contribution in [0.1, 0.15) is 0 Å². The number of H-pyrrole nitrogens is 1. The van der Waals surface area contributed by atoms with Gasteiger partial charge in [0.1, 0.15) is 10.5 Å². The van der Waals surface area contributed by atoms with E-state index in [0.29, 0.717) is 4.64 Å². The van der Waals surface area contributed by atoms with Crippen molar-refractivity contribution in [2.45, 2.75) is 0 Å². The van der Waals surface area contributed by atoms with Crippen molar-refractivity contribution < 1.29 is 0 Å². The summed E-state index contributed by atoms with van der Waals surface area (Å²) in [6.45, 7) is 0. The van der Waals surface area contributed by atoms with Crippen LogP contribution in [0.5, 0.6) is 0 Å². The van der Waals surface area contributed by atoms with E-state index in [9.17, 15) is 0 Å². The van der Waals surface area contributed by atoms with Gasteiger partial charge in [-0.25, -0.2) is 4.98 Å². The van der Waals surface area contributed by atoms with Gasteiger partial charge in [-0.2, -0.15) is 0 Å². The quantitative estimate of drug-likeness (QED) is 0.808. The average molecular weight is 268 g/mol. The fourth-order valence-corrected chi connectivity index (χ4v) is 1.58. The van der Waals surface area contributed by atoms with Gasteiger partial charge in [0, 0.05) is 28.6 Å². The van der Waals surface area contributed by atoms with Crippen molar-refractivity contribution in [3.05, 3.63) is 39.8 Å². The third-order valence-electron chi connectivity index (χ3n) is 1.65. The Morgan fingerprint density at radius 2 is 2.21 bits per heavy atom. The number of hydrogen-bond donors (Lipinski definition) is 1. The van der Waals surface area contributed by atoms with Crippen LogP contribution in [0.4, 0.5) is 0 Å². The van der Waals surface area contributed by atoms with Crippen molar-refractivity contribution in [2.75, 3.05) is 0 Å². The first-order valence-electron chi connectivity index (χ1n) is 3.92. The van der Waals surface area contributed by atoms with Gasteiger partial charge >= 0.3 is 0 Å². The van der Waals surface area contributed by atoms with Crippen molar-refractivity contribution in [1.82, 2.24) is 15.0 Å². The Kier molecular flexibility index (Phi) is 2.69. The number of pyridine rings is 1. The fourth-order valence-electron chi connectivity index (χ4n) is 1.06. The molecule has 2 aromatic heterocycles. The highest BCUT2D eigenvalue weighted by Crippen LogP contribution is 2.17. The highest BCUT2D eigenvalue weighted by Gasteiger charge is 1.99. The fraction of sp³-hybridized carbons (Fsp3) is 0. The smallest absolute Gasteiger partial charge is 0.139 e. The molecule has 0 aliphatic rings. The molecule has 0 atom stereocenters. The zero-order chi connectivity index (χ0) is 9.97. The molecule has 0 spiro atoms. The van der Waals surface area contributed by atoms with Gasteiger partial charge < -0.3 is 4.98 Å². The van der Waals surface area contributed by atoms with Crippen LogP contribution in [-0.4, -0.2) is 15.0 Å². The Hall–Kier alpha value is -1.07. The number of halogens is 1. The van der Waals surface area contributed by atoms with Crippen LogP contribution in [0.2, 0.25) is 0 Å². The Morgan fingerprint density at radius 1 is 1.36 bits per heavy atom. The van der Waals surface area contributed by atoms with Gasteiger partial charge in [-0.15, -0.1) is 0 Å². The number of rotatable bonds is 1. The predicted molar refractivity (Wildman–Crippen MR) is 60.4 cm³/mol. The van der Waals surface area contributed by atoms with Gasteiger partial charge in [0.05, 0.1) is 0 Å². The lowest BCUT2D eigenvalue weighted by Crippen LogP contribution is -1.88. The first kappa shape index (κ1) is 9.48. The molecule has 0 fully saturated rings. The minimum absolute atomic E-state index is 0.662. The summed E-state index contributed by atoms with van der Waals surface area (Å²) in [6.07, 6.45) is 5.13. The van der Waals surface area contributed by atoms with E-state index in [0.717, 1.165) is 15.9 Å². The molecule has 0 unspecified atom stereocenters. The van der Waals surface area contributed by atoms with E-state index in [1.54, 1.807) is 24.7 Å². The highest BCUT2D eigenvalue weighted by atomic mass is 79.9. The van der Waals surface area contributed by atoms with E-state index in [1.807, 2.05) is 6.07 Å². The third kappa shape index (κ3) is 2.05. The summed E-state index contributed by atoms with van der Waals surface area (Å²) in [5, 5.41) is 0. The van der Waals surface area contributed by atoms with Crippen molar-refractivity contribution in [2.24, 2.45) is 0 Å². The van der Waals surface area contributed by atoms with Crippen LogP contribution in [-0.2, 0) is 0 Å². The largest absolute Gasteiger partial charge is 0.331 e. The van der Waals surface area contributed by atoms with Crippen LogP contribution in [0, 0.1) is 4.64 Å². The summed E-state index contributed by atoms with van der Waals surface area (Å²) in [5.74, 6) is 0.728. The van der Waals surface area contributed by atoms with Crippen LogP contribution < -0.4 is 0 Å². The van der Waals surface area contributed by atoms with Crippen LogP contribution in [0.3, 0.4) is 0 Å². The van der Waals surface area contributed by atoms with E-state index in [2.05, 4.69) is 30.9 Å². The molecule has 0 amide bonds. The molecule has 1 N–H and O–H groups in total. The molecule has 2 rings (SSSR count). The van der Waals surface area contributed by atoms with Gasteiger partial charge in [-0.3, -0.25) is 4.98 Å². The third-order valence-corrected chi connectivity index (χ3v) is 2.32. The molecule has 0 aliphatic heterocycles. The molecule has 0 bridgehead atoms. The van der Waals surface area contributed by atoms with Crippen molar-refractivity contribution in [3.8, 4) is 11.4 Å². The highest BCUT2D eigenvalue weighted by molar-refractivity contribution is 9.10. The Balaban J connectivity index is 2.55. The molecule has 2 heterocycles. The first-order valence-corrected chi connectivity index (χ1v) is 5.12. The number of hydrogen-bond acceptors (Lipinski definition) is 3. The Morgan fingerprint density at radius 3 is 2.93 bits per heavy atom. The second-order valence-corrected chi connectivity index (χ2v) is 4.03. The molecular formula is C9H6BrN3S. The molecule has 0 aromatic carbocycles. The molecule has 5 heteroatoms. The van der Waals surface area contributed by atoms with Gasteiger partial charge in [0.25, 0.3) is 0 Å². The van der Waals surface area contributed by atoms with Crippen LogP contribution >= 0.6 is 28.1 Å². The normalized spacial score (nSPS) is 10.1. The summed E-state index contributed by atoms with van der Waals surface area (Å²) in [5.41, 5.74) is 0.908. The lowest BCUT2D eigenvalue weighted by atomic mass is 10.3. The molecule has 2 aromatic rings. The summed E-state index contributed by atoms with van der Waals surface area (Å²) >= 11 is 8.35. The maximum atomic E-state index is 5.00. The summed E-state index contributed by atoms with van der Waals surface area (Å²) in [7, 11) is 0. The van der Waals surface area contributed by atoms with Crippen molar-refractivity contribution in [1.29, 1.82) is 0 Å². The monoisotopic (exact) mass is 267 g/mol. The molecule has 3 nitrogen and oxygen atoms in total. The maximum absolute atomic E-state index is 5.00. The van der Waals surface area contributed by atoms with Crippen LogP contribution in [0.25, 0.3) is 11.4 Å². The number of nitrogens with zero attached hydrogens (tertiary/aromatic N) is 2. The van der Waals surface area contributed by atoms with Crippen molar-refractivity contribution in [3.63, 3.8) is 0 Å². The van der Waals surface area contributed by atoms with E-state index < -0.39 is 0 Å². The average Bonchev–Trinajstić information content (AvgIpc) is 2.18. The van der Waals surface area contributed by atoms with E-state index >= 15 is 0 Å². The number of aromatic nitrogens is 3. The zero-order valence-corrected chi connectivity index (χ0v) is 9.47. The first-order chi connectivity index (χ1) is 6.75. The summed E-state index contributed by atoms with van der Waals surface area (Å²) in [4.78, 5) is 11.2. The summed E-state index contributed by atoms with van der Waals surface area (Å²) in [6, 6.07) is 3.67. The number of aromatic amines is 1. The number of nitrogens with one attached hydrogen (secondary N) is 1. The lowest BCUT2D eigenvalue weighted by molar-refractivity contribution is 1.15. The minimum atomic E-state index is 0.662. The molecule has 0 saturated carbocycles. The topological polar surface area (TPSA) is 41.6 Å². The van der Waals surface area contributed by atoms with Crippen molar-refractivity contribution >= 4 is 28.1 Å². The molecular weight excluding hydrogens is 262 g/mol. The SMILES string of the molecule is S=c1ccnc(-c2cncc(Br)c2)[nH]1. The van der Waals surface area contributed by atoms with Gasteiger partial charge in [-0.05, 0) is 28.1 Å². The Bertz CT molecular complexity index is 509. The van der Waals surface area contributed by atoms with E-state index in [-0.39, 0.29) is 0 Å². The second kappa shape index (κ2) is 3.98. The summed E-state index contributed by atoms with van der Waals surface area (Å²) < 4.78 is 1.58. The van der Waals surface area contributed by atoms with Gasteiger partial charge in [0.15, 0.2) is 0 Å². The van der Waals surface area contributed by atoms with Gasteiger partial charge in [0.2, 0.25) is 0 Å². The molecule has 14 heavy (non-hydrogen) atoms. The van der Waals surface area contributed by atoms with E-state index in [1.165, 1.54) is 0 Å². The molecule has 70 valence electrons. The molecule has 0 radical (unpaired) electrons. The van der Waals surface area contributed by atoms with E-state index in [4.69, 9.17) is 12.2 Å². The maximum Gasteiger partial charge on any atom is 0.139 e. The minimum Gasteiger partial charge on any atom is -0.331 e. The van der Waals surface area contributed by atoms with Gasteiger partial charge in [-0.1, -0.05) is 12.2 Å².